The van der Waals surface area contributed by atoms with Crippen molar-refractivity contribution in [2.24, 2.45) is 7.05 Å². The van der Waals surface area contributed by atoms with Crippen LogP contribution in [0.25, 0.3) is 0 Å². The van der Waals surface area contributed by atoms with Gasteiger partial charge in [0.05, 0.1) is 12.1 Å². The lowest BCUT2D eigenvalue weighted by Crippen LogP contribution is -2.22. The van der Waals surface area contributed by atoms with Crippen molar-refractivity contribution in [1.82, 2.24) is 14.8 Å². The van der Waals surface area contributed by atoms with Crippen LogP contribution in [0, 0.1) is 6.92 Å². The molecule has 0 atom stereocenters. The minimum Gasteiger partial charge on any atom is -0.478 e. The van der Waals surface area contributed by atoms with Gasteiger partial charge in [0.25, 0.3) is 0 Å². The minimum absolute atomic E-state index is 0.324. The second-order valence-corrected chi connectivity index (χ2v) is 5.04. The summed E-state index contributed by atoms with van der Waals surface area (Å²) in [6.45, 7) is 3.44. The zero-order chi connectivity index (χ0) is 14.3. The van der Waals surface area contributed by atoms with Gasteiger partial charge in [-0.15, -0.1) is 10.2 Å². The first kappa shape index (κ1) is 12.7. The lowest BCUT2D eigenvalue weighted by Gasteiger charge is -2.19. The summed E-state index contributed by atoms with van der Waals surface area (Å²) in [5.41, 5.74) is 2.50. The maximum atomic E-state index is 11.1. The van der Waals surface area contributed by atoms with E-state index in [1.54, 1.807) is 12.1 Å². The molecule has 0 fully saturated rings. The molecular formula is C14H16N4O2. The van der Waals surface area contributed by atoms with E-state index in [4.69, 9.17) is 5.11 Å². The largest absolute Gasteiger partial charge is 0.478 e. The van der Waals surface area contributed by atoms with E-state index in [0.29, 0.717) is 12.1 Å². The first-order valence-electron chi connectivity index (χ1n) is 6.52. The molecule has 1 N–H and O–H groups in total. The van der Waals surface area contributed by atoms with Crippen molar-refractivity contribution in [3.05, 3.63) is 41.0 Å². The molecule has 0 unspecified atom stereocenters. The van der Waals surface area contributed by atoms with Crippen molar-refractivity contribution in [2.45, 2.75) is 19.9 Å². The van der Waals surface area contributed by atoms with Crippen LogP contribution < -0.4 is 4.90 Å². The van der Waals surface area contributed by atoms with Crippen LogP contribution in [0.5, 0.6) is 0 Å². The number of hydrogen-bond acceptors (Lipinski definition) is 4. The van der Waals surface area contributed by atoms with Gasteiger partial charge < -0.3 is 14.6 Å². The third-order valence-corrected chi connectivity index (χ3v) is 3.84. The number of aromatic carboxylic acids is 1. The van der Waals surface area contributed by atoms with Crippen LogP contribution in [0.1, 0.15) is 27.6 Å². The Bertz CT molecular complexity index is 678. The monoisotopic (exact) mass is 272 g/mol. The molecule has 1 aliphatic rings. The molecule has 3 rings (SSSR count). The number of hydrogen-bond donors (Lipinski definition) is 1. The highest BCUT2D eigenvalue weighted by Crippen LogP contribution is 2.30. The molecule has 0 saturated carbocycles. The molecule has 0 aliphatic carbocycles. The lowest BCUT2D eigenvalue weighted by molar-refractivity contribution is 0.0697. The highest BCUT2D eigenvalue weighted by molar-refractivity contribution is 5.89. The molecule has 6 heteroatoms. The topological polar surface area (TPSA) is 71.2 Å². The number of aryl methyl sites for hydroxylation is 1. The van der Waals surface area contributed by atoms with E-state index >= 15 is 0 Å². The van der Waals surface area contributed by atoms with E-state index in [9.17, 15) is 4.79 Å². The highest BCUT2D eigenvalue weighted by Gasteiger charge is 2.22. The van der Waals surface area contributed by atoms with Crippen molar-refractivity contribution in [1.29, 1.82) is 0 Å². The van der Waals surface area contributed by atoms with Crippen molar-refractivity contribution < 1.29 is 9.90 Å². The van der Waals surface area contributed by atoms with Crippen molar-refractivity contribution in [3.63, 3.8) is 0 Å². The first-order chi connectivity index (χ1) is 9.56. The molecule has 0 saturated heterocycles. The predicted octanol–water partition coefficient (Wildman–Crippen LogP) is 1.38. The Kier molecular flexibility index (Phi) is 2.93. The molecule has 0 spiro atoms. The fraction of sp³-hybridized carbons (Fsp3) is 0.357. The number of benzene rings is 1. The summed E-state index contributed by atoms with van der Waals surface area (Å²) in [4.78, 5) is 13.2. The fourth-order valence-corrected chi connectivity index (χ4v) is 2.50. The molecule has 1 aliphatic heterocycles. The quantitative estimate of drug-likeness (QED) is 0.914. The molecule has 6 nitrogen and oxygen atoms in total. The second-order valence-electron chi connectivity index (χ2n) is 5.04. The van der Waals surface area contributed by atoms with E-state index in [-0.39, 0.29) is 0 Å². The van der Waals surface area contributed by atoms with E-state index in [1.807, 2.05) is 24.6 Å². The average molecular weight is 272 g/mol. The lowest BCUT2D eigenvalue weighted by atomic mass is 10.1. The number of fused-ring (bicyclic) bond motifs is 1. The van der Waals surface area contributed by atoms with Gasteiger partial charge in [0, 0.05) is 19.3 Å². The van der Waals surface area contributed by atoms with Crippen LogP contribution in [0.4, 0.5) is 5.69 Å². The number of carboxylic acid groups (broad SMARTS) is 1. The van der Waals surface area contributed by atoms with Crippen LogP contribution in [0.3, 0.4) is 0 Å². The van der Waals surface area contributed by atoms with Gasteiger partial charge >= 0.3 is 5.97 Å². The third-order valence-electron chi connectivity index (χ3n) is 3.84. The van der Waals surface area contributed by atoms with Gasteiger partial charge in [0.2, 0.25) is 0 Å². The molecule has 0 radical (unpaired) electrons. The Balaban J connectivity index is 1.90. The fourth-order valence-electron chi connectivity index (χ4n) is 2.50. The average Bonchev–Trinajstić information content (AvgIpc) is 2.97. The van der Waals surface area contributed by atoms with Crippen LogP contribution in [-0.4, -0.2) is 32.4 Å². The Morgan fingerprint density at radius 1 is 1.40 bits per heavy atom. The van der Waals surface area contributed by atoms with Gasteiger partial charge in [-0.05, 0) is 31.0 Å². The van der Waals surface area contributed by atoms with E-state index in [1.165, 1.54) is 5.56 Å². The summed E-state index contributed by atoms with van der Waals surface area (Å²) in [7, 11) is 1.94. The number of carboxylic acids is 1. The maximum absolute atomic E-state index is 11.1. The Morgan fingerprint density at radius 3 is 2.85 bits per heavy atom. The van der Waals surface area contributed by atoms with Gasteiger partial charge in [0.15, 0.2) is 5.82 Å². The number of rotatable bonds is 3. The van der Waals surface area contributed by atoms with Gasteiger partial charge in [-0.2, -0.15) is 0 Å². The van der Waals surface area contributed by atoms with E-state index in [0.717, 1.165) is 30.3 Å². The summed E-state index contributed by atoms with van der Waals surface area (Å²) >= 11 is 0. The minimum atomic E-state index is -0.894. The smallest absolute Gasteiger partial charge is 0.335 e. The van der Waals surface area contributed by atoms with Crippen LogP contribution in [0.2, 0.25) is 0 Å². The maximum Gasteiger partial charge on any atom is 0.335 e. The molecule has 0 amide bonds. The number of nitrogens with zero attached hydrogens (tertiary/aromatic N) is 4. The van der Waals surface area contributed by atoms with E-state index < -0.39 is 5.97 Å². The van der Waals surface area contributed by atoms with Gasteiger partial charge in [0.1, 0.15) is 5.82 Å². The summed E-state index contributed by atoms with van der Waals surface area (Å²) < 4.78 is 1.96. The second kappa shape index (κ2) is 4.63. The molecule has 1 aromatic heterocycles. The van der Waals surface area contributed by atoms with E-state index in [2.05, 4.69) is 15.1 Å². The van der Waals surface area contributed by atoms with Crippen LogP contribution in [0.15, 0.2) is 18.2 Å². The number of anilines is 1. The number of carbonyl (C=O) groups is 1. The molecule has 2 heterocycles. The van der Waals surface area contributed by atoms with Crippen molar-refractivity contribution >= 4 is 11.7 Å². The highest BCUT2D eigenvalue weighted by atomic mass is 16.4. The third kappa shape index (κ3) is 2.03. The van der Waals surface area contributed by atoms with Crippen LogP contribution >= 0.6 is 0 Å². The van der Waals surface area contributed by atoms with Crippen molar-refractivity contribution in [2.75, 3.05) is 11.4 Å². The van der Waals surface area contributed by atoms with Gasteiger partial charge in [-0.3, -0.25) is 0 Å². The zero-order valence-corrected chi connectivity index (χ0v) is 11.5. The first-order valence-corrected chi connectivity index (χ1v) is 6.52. The molecule has 20 heavy (non-hydrogen) atoms. The zero-order valence-electron chi connectivity index (χ0n) is 11.5. The molecule has 2 aromatic rings. The van der Waals surface area contributed by atoms with Gasteiger partial charge in [-0.25, -0.2) is 4.79 Å². The summed E-state index contributed by atoms with van der Waals surface area (Å²) in [5.74, 6) is 0.865. The predicted molar refractivity (Wildman–Crippen MR) is 73.9 cm³/mol. The molecule has 1 aromatic carbocycles. The molecule has 104 valence electrons. The van der Waals surface area contributed by atoms with Crippen LogP contribution in [-0.2, 0) is 20.0 Å². The Morgan fingerprint density at radius 2 is 2.20 bits per heavy atom. The standard InChI is InChI=1S/C14H16N4O2/c1-9-15-16-13(17(9)2)8-18-6-5-10-3-4-11(14(19)20)7-12(10)18/h3-4,7H,5-6,8H2,1-2H3,(H,19,20). The summed E-state index contributed by atoms with van der Waals surface area (Å²) in [6.07, 6.45) is 0.937. The van der Waals surface area contributed by atoms with Gasteiger partial charge in [-0.1, -0.05) is 6.07 Å². The summed E-state index contributed by atoms with van der Waals surface area (Å²) in [5, 5.41) is 17.3. The van der Waals surface area contributed by atoms with Crippen molar-refractivity contribution in [3.8, 4) is 0 Å². The summed E-state index contributed by atoms with van der Waals surface area (Å²) in [6, 6.07) is 5.31. The molecule has 0 bridgehead atoms. The number of aromatic nitrogens is 3. The Labute approximate surface area is 116 Å². The molecular weight excluding hydrogens is 256 g/mol. The Hall–Kier alpha value is -2.37. The normalized spacial score (nSPS) is 13.6. The SMILES string of the molecule is Cc1nnc(CN2CCc3ccc(C(=O)O)cc32)n1C.